The second-order valence-electron chi connectivity index (χ2n) is 6.13. The number of hydrogen-bond donors (Lipinski definition) is 2. The van der Waals surface area contributed by atoms with E-state index in [0.717, 1.165) is 13.1 Å². The summed E-state index contributed by atoms with van der Waals surface area (Å²) in [6.45, 7) is 9.28. The van der Waals surface area contributed by atoms with E-state index in [0.29, 0.717) is 13.2 Å². The molecule has 1 rings (SSSR count). The second kappa shape index (κ2) is 9.79. The van der Waals surface area contributed by atoms with E-state index in [1.54, 1.807) is 0 Å². The smallest absolute Gasteiger partial charge is 0.239 e. The summed E-state index contributed by atoms with van der Waals surface area (Å²) in [6.07, 6.45) is -0.0595. The van der Waals surface area contributed by atoms with Gasteiger partial charge in [-0.05, 0) is 26.4 Å². The number of amides is 1. The highest BCUT2D eigenvalue weighted by atomic mass is 35.5. The molecule has 0 aromatic carbocycles. The van der Waals surface area contributed by atoms with Gasteiger partial charge in [-0.15, -0.1) is 24.8 Å². The van der Waals surface area contributed by atoms with Gasteiger partial charge in [0.2, 0.25) is 5.91 Å². The summed E-state index contributed by atoms with van der Waals surface area (Å²) in [7, 11) is 4.09. The number of carbonyl (C=O) groups is 1. The van der Waals surface area contributed by atoms with Crippen LogP contribution in [-0.4, -0.2) is 63.3 Å². The van der Waals surface area contributed by atoms with E-state index >= 15 is 0 Å². The van der Waals surface area contributed by atoms with Gasteiger partial charge in [0.1, 0.15) is 6.04 Å². The molecule has 0 radical (unpaired) electrons. The number of morpholine rings is 1. The highest BCUT2D eigenvalue weighted by Crippen LogP contribution is 2.14. The van der Waals surface area contributed by atoms with Crippen molar-refractivity contribution in [3.63, 3.8) is 0 Å². The Hall–Kier alpha value is -0.0700. The first kappa shape index (κ1) is 22.2. The Bertz CT molecular complexity index is 289. The Morgan fingerprint density at radius 3 is 2.50 bits per heavy atom. The first-order chi connectivity index (χ1) is 8.32. The molecule has 0 aliphatic carbocycles. The van der Waals surface area contributed by atoms with Crippen molar-refractivity contribution in [3.8, 4) is 0 Å². The van der Waals surface area contributed by atoms with Crippen LogP contribution in [0.25, 0.3) is 0 Å². The summed E-state index contributed by atoms with van der Waals surface area (Å²) in [5, 5.41) is 6.22. The Morgan fingerprint density at radius 1 is 1.40 bits per heavy atom. The first-order valence-electron chi connectivity index (χ1n) is 6.59. The van der Waals surface area contributed by atoms with Crippen LogP contribution in [0.3, 0.4) is 0 Å². The van der Waals surface area contributed by atoms with Crippen LogP contribution in [0, 0.1) is 5.41 Å². The molecule has 0 saturated carbocycles. The van der Waals surface area contributed by atoms with Gasteiger partial charge in [0.05, 0.1) is 12.7 Å². The number of hydrogen-bond acceptors (Lipinski definition) is 4. The molecule has 2 atom stereocenters. The van der Waals surface area contributed by atoms with Gasteiger partial charge in [0.15, 0.2) is 0 Å². The van der Waals surface area contributed by atoms with Crippen LogP contribution in [-0.2, 0) is 9.53 Å². The lowest BCUT2D eigenvalue weighted by Crippen LogP contribution is -2.56. The molecule has 0 spiro atoms. The predicted octanol–water partition coefficient (Wildman–Crippen LogP) is 0.911. The van der Waals surface area contributed by atoms with Gasteiger partial charge in [-0.1, -0.05) is 13.8 Å². The Labute approximate surface area is 135 Å². The fourth-order valence-electron chi connectivity index (χ4n) is 2.38. The number of nitrogens with one attached hydrogen (secondary N) is 2. The van der Waals surface area contributed by atoms with E-state index in [1.165, 1.54) is 0 Å². The topological polar surface area (TPSA) is 53.6 Å². The highest BCUT2D eigenvalue weighted by molar-refractivity contribution is 5.85. The van der Waals surface area contributed by atoms with Crippen LogP contribution in [0.1, 0.15) is 20.8 Å². The molecular formula is C13H29Cl2N3O2. The molecule has 1 heterocycles. The molecule has 0 aromatic heterocycles. The minimum absolute atomic E-state index is 0. The third kappa shape index (κ3) is 7.64. The lowest BCUT2D eigenvalue weighted by Gasteiger charge is -2.32. The van der Waals surface area contributed by atoms with Gasteiger partial charge in [0, 0.05) is 19.6 Å². The van der Waals surface area contributed by atoms with Crippen molar-refractivity contribution in [2.75, 3.05) is 40.3 Å². The van der Waals surface area contributed by atoms with Crippen LogP contribution >= 0.6 is 24.8 Å². The average Bonchev–Trinajstić information content (AvgIpc) is 2.25. The number of rotatable bonds is 5. The predicted molar refractivity (Wildman–Crippen MR) is 87.0 cm³/mol. The molecular weight excluding hydrogens is 301 g/mol. The zero-order chi connectivity index (χ0) is 13.8. The summed E-state index contributed by atoms with van der Waals surface area (Å²) in [6, 6.07) is -0.228. The SMILES string of the molecule is C[C@H]1OCCN[C@@H]1C(=O)NCC(C)(C)CN(C)C.Cl.Cl. The molecule has 1 fully saturated rings. The minimum atomic E-state index is -0.228. The standard InChI is InChI=1S/C13H27N3O2.2ClH/c1-10-11(14-6-7-18-10)12(17)15-8-13(2,3)9-16(4)5;;/h10-11,14H,6-9H2,1-5H3,(H,15,17);2*1H/t10-,11+;;/m1../s1. The molecule has 5 nitrogen and oxygen atoms in total. The molecule has 0 aromatic rings. The lowest BCUT2D eigenvalue weighted by molar-refractivity contribution is -0.129. The first-order valence-corrected chi connectivity index (χ1v) is 6.59. The van der Waals surface area contributed by atoms with Crippen LogP contribution in [0.15, 0.2) is 0 Å². The van der Waals surface area contributed by atoms with Crippen LogP contribution in [0.4, 0.5) is 0 Å². The van der Waals surface area contributed by atoms with Crippen molar-refractivity contribution in [2.24, 2.45) is 5.41 Å². The zero-order valence-corrected chi connectivity index (χ0v) is 14.7. The van der Waals surface area contributed by atoms with E-state index in [9.17, 15) is 4.79 Å². The summed E-state index contributed by atoms with van der Waals surface area (Å²) < 4.78 is 5.48. The number of halogens is 2. The number of ether oxygens (including phenoxy) is 1. The maximum Gasteiger partial charge on any atom is 0.239 e. The molecule has 1 saturated heterocycles. The van der Waals surface area contributed by atoms with E-state index in [4.69, 9.17) is 4.74 Å². The maximum atomic E-state index is 12.1. The van der Waals surface area contributed by atoms with Gasteiger partial charge in [-0.2, -0.15) is 0 Å². The van der Waals surface area contributed by atoms with Crippen LogP contribution < -0.4 is 10.6 Å². The normalized spacial score (nSPS) is 22.7. The van der Waals surface area contributed by atoms with Gasteiger partial charge in [-0.3, -0.25) is 4.79 Å². The fourth-order valence-corrected chi connectivity index (χ4v) is 2.38. The highest BCUT2D eigenvalue weighted by Gasteiger charge is 2.29. The zero-order valence-electron chi connectivity index (χ0n) is 13.1. The molecule has 0 bridgehead atoms. The quantitative estimate of drug-likeness (QED) is 0.787. The molecule has 0 unspecified atom stereocenters. The van der Waals surface area contributed by atoms with Crippen molar-refractivity contribution in [1.82, 2.24) is 15.5 Å². The van der Waals surface area contributed by atoms with Gasteiger partial charge >= 0.3 is 0 Å². The summed E-state index contributed by atoms with van der Waals surface area (Å²) in [5.74, 6) is 0.0361. The van der Waals surface area contributed by atoms with E-state index in [2.05, 4.69) is 29.4 Å². The van der Waals surface area contributed by atoms with Crippen molar-refractivity contribution in [3.05, 3.63) is 0 Å². The maximum absolute atomic E-state index is 12.1. The third-order valence-electron chi connectivity index (χ3n) is 3.08. The lowest BCUT2D eigenvalue weighted by atomic mass is 9.92. The molecule has 1 aliphatic heterocycles. The van der Waals surface area contributed by atoms with Gasteiger partial charge in [0.25, 0.3) is 0 Å². The van der Waals surface area contributed by atoms with E-state index in [-0.39, 0.29) is 48.3 Å². The molecule has 122 valence electrons. The molecule has 7 heteroatoms. The molecule has 2 N–H and O–H groups in total. The van der Waals surface area contributed by atoms with E-state index in [1.807, 2.05) is 21.0 Å². The number of nitrogens with zero attached hydrogens (tertiary/aromatic N) is 1. The fraction of sp³-hybridized carbons (Fsp3) is 0.923. The Balaban J connectivity index is 0. The molecule has 1 amide bonds. The molecule has 20 heavy (non-hydrogen) atoms. The van der Waals surface area contributed by atoms with Crippen LogP contribution in [0.5, 0.6) is 0 Å². The monoisotopic (exact) mass is 329 g/mol. The summed E-state index contributed by atoms with van der Waals surface area (Å²) in [4.78, 5) is 14.2. The third-order valence-corrected chi connectivity index (χ3v) is 3.08. The van der Waals surface area contributed by atoms with Crippen LogP contribution in [0.2, 0.25) is 0 Å². The van der Waals surface area contributed by atoms with Crippen molar-refractivity contribution in [1.29, 1.82) is 0 Å². The summed E-state index contributed by atoms with van der Waals surface area (Å²) >= 11 is 0. The van der Waals surface area contributed by atoms with E-state index < -0.39 is 0 Å². The minimum Gasteiger partial charge on any atom is -0.375 e. The van der Waals surface area contributed by atoms with Gasteiger partial charge in [-0.25, -0.2) is 0 Å². The Kier molecular flexibility index (Phi) is 10.9. The largest absolute Gasteiger partial charge is 0.375 e. The number of carbonyl (C=O) groups excluding carboxylic acids is 1. The average molecular weight is 330 g/mol. The van der Waals surface area contributed by atoms with Crippen molar-refractivity contribution >= 4 is 30.7 Å². The molecule has 1 aliphatic rings. The van der Waals surface area contributed by atoms with Gasteiger partial charge < -0.3 is 20.3 Å². The van der Waals surface area contributed by atoms with Crippen molar-refractivity contribution < 1.29 is 9.53 Å². The van der Waals surface area contributed by atoms with Crippen molar-refractivity contribution in [2.45, 2.75) is 32.9 Å². The summed E-state index contributed by atoms with van der Waals surface area (Å²) in [5.41, 5.74) is 0.0674. The second-order valence-corrected chi connectivity index (χ2v) is 6.13. The Morgan fingerprint density at radius 2 is 2.00 bits per heavy atom.